The molecule has 126 valence electrons. The number of fused-ring (bicyclic) bond motifs is 2. The van der Waals surface area contributed by atoms with Gasteiger partial charge in [0.1, 0.15) is 0 Å². The molecule has 0 aliphatic rings. The predicted molar refractivity (Wildman–Crippen MR) is 100.0 cm³/mol. The van der Waals surface area contributed by atoms with Gasteiger partial charge in [0.05, 0.1) is 22.1 Å². The lowest BCUT2D eigenvalue weighted by molar-refractivity contribution is 0.0998. The zero-order valence-corrected chi connectivity index (χ0v) is 13.6. The van der Waals surface area contributed by atoms with Gasteiger partial charge in [0.15, 0.2) is 0 Å². The number of carbonyl (C=O) groups is 2. The van der Waals surface area contributed by atoms with Crippen molar-refractivity contribution >= 4 is 39.6 Å². The molecule has 26 heavy (non-hydrogen) atoms. The van der Waals surface area contributed by atoms with Crippen LogP contribution in [0.15, 0.2) is 66.7 Å². The maximum atomic E-state index is 12.5. The van der Waals surface area contributed by atoms with Crippen molar-refractivity contribution in [3.8, 4) is 0 Å². The van der Waals surface area contributed by atoms with Gasteiger partial charge in [0.25, 0.3) is 5.91 Å². The highest BCUT2D eigenvalue weighted by Crippen LogP contribution is 2.18. The molecular weight excluding hydrogens is 328 g/mol. The molecule has 0 spiro atoms. The second-order valence-corrected chi connectivity index (χ2v) is 5.81. The van der Waals surface area contributed by atoms with Gasteiger partial charge in [-0.05, 0) is 54.6 Å². The lowest BCUT2D eigenvalue weighted by atomic mass is 10.1. The maximum Gasteiger partial charge on any atom is 0.255 e. The van der Waals surface area contributed by atoms with E-state index in [1.54, 1.807) is 42.5 Å². The molecule has 0 fully saturated rings. The van der Waals surface area contributed by atoms with Crippen LogP contribution in [0.1, 0.15) is 20.7 Å². The summed E-state index contributed by atoms with van der Waals surface area (Å²) in [6.07, 6.45) is 0. The molecule has 2 amide bonds. The number of amides is 2. The molecule has 0 atom stereocenters. The van der Waals surface area contributed by atoms with Crippen molar-refractivity contribution in [1.82, 2.24) is 9.97 Å². The van der Waals surface area contributed by atoms with Crippen molar-refractivity contribution in [1.29, 1.82) is 0 Å². The van der Waals surface area contributed by atoms with E-state index in [-0.39, 0.29) is 5.91 Å². The first-order valence-electron chi connectivity index (χ1n) is 7.98. The monoisotopic (exact) mass is 342 g/mol. The van der Waals surface area contributed by atoms with Crippen molar-refractivity contribution in [3.63, 3.8) is 0 Å². The minimum atomic E-state index is -0.511. The topological polar surface area (TPSA) is 98.0 Å². The molecule has 4 rings (SSSR count). The van der Waals surface area contributed by atoms with Crippen LogP contribution in [-0.4, -0.2) is 21.8 Å². The molecule has 6 nitrogen and oxygen atoms in total. The summed E-state index contributed by atoms with van der Waals surface area (Å²) < 4.78 is 0. The van der Waals surface area contributed by atoms with Crippen LogP contribution >= 0.6 is 0 Å². The van der Waals surface area contributed by atoms with E-state index in [2.05, 4.69) is 15.3 Å². The van der Waals surface area contributed by atoms with Crippen LogP contribution in [0, 0.1) is 0 Å². The third-order valence-electron chi connectivity index (χ3n) is 4.03. The normalized spacial score (nSPS) is 10.8. The fourth-order valence-corrected chi connectivity index (χ4v) is 2.68. The molecule has 0 saturated heterocycles. The quantitative estimate of drug-likeness (QED) is 0.559. The van der Waals surface area contributed by atoms with Crippen LogP contribution in [0.2, 0.25) is 0 Å². The van der Waals surface area contributed by atoms with Gasteiger partial charge in [-0.15, -0.1) is 0 Å². The first-order chi connectivity index (χ1) is 12.6. The standard InChI is InChI=1S/C20H14N4O2/c21-19(25)12-5-8-14(9-6-12)22-20(26)13-7-10-17-18(11-13)24-16-4-2-1-3-15(16)23-17/h1-11H,(H2,21,25)(H,22,26). The van der Waals surface area contributed by atoms with E-state index in [1.165, 1.54) is 0 Å². The molecule has 6 heteroatoms. The Bertz CT molecular complexity index is 1150. The van der Waals surface area contributed by atoms with Gasteiger partial charge in [-0.1, -0.05) is 12.1 Å². The highest BCUT2D eigenvalue weighted by molar-refractivity contribution is 6.06. The zero-order chi connectivity index (χ0) is 18.1. The molecule has 3 aromatic carbocycles. The van der Waals surface area contributed by atoms with Crippen LogP contribution in [0.3, 0.4) is 0 Å². The average Bonchev–Trinajstić information content (AvgIpc) is 2.66. The van der Waals surface area contributed by atoms with E-state index in [0.29, 0.717) is 22.3 Å². The summed E-state index contributed by atoms with van der Waals surface area (Å²) in [6.45, 7) is 0. The SMILES string of the molecule is NC(=O)c1ccc(NC(=O)c2ccc3nc4ccccc4nc3c2)cc1. The highest BCUT2D eigenvalue weighted by Gasteiger charge is 2.09. The van der Waals surface area contributed by atoms with E-state index in [4.69, 9.17) is 5.73 Å². The van der Waals surface area contributed by atoms with Crippen molar-refractivity contribution in [2.75, 3.05) is 5.32 Å². The molecule has 4 aromatic rings. The number of nitrogens with two attached hydrogens (primary N) is 1. The molecule has 0 bridgehead atoms. The number of benzene rings is 3. The summed E-state index contributed by atoms with van der Waals surface area (Å²) in [7, 11) is 0. The molecule has 0 unspecified atom stereocenters. The van der Waals surface area contributed by atoms with Crippen molar-refractivity contribution in [2.45, 2.75) is 0 Å². The van der Waals surface area contributed by atoms with E-state index in [9.17, 15) is 9.59 Å². The number of hydrogen-bond acceptors (Lipinski definition) is 4. The largest absolute Gasteiger partial charge is 0.366 e. The number of para-hydroxylation sites is 2. The number of nitrogens with one attached hydrogen (secondary N) is 1. The first-order valence-corrected chi connectivity index (χ1v) is 7.98. The summed E-state index contributed by atoms with van der Waals surface area (Å²) in [5.41, 5.74) is 9.61. The van der Waals surface area contributed by atoms with E-state index in [1.807, 2.05) is 24.3 Å². The molecule has 0 aliphatic heterocycles. The van der Waals surface area contributed by atoms with E-state index < -0.39 is 5.91 Å². The number of carbonyl (C=O) groups excluding carboxylic acids is 2. The van der Waals surface area contributed by atoms with Gasteiger partial charge >= 0.3 is 0 Å². The number of nitrogens with zero attached hydrogens (tertiary/aromatic N) is 2. The van der Waals surface area contributed by atoms with Gasteiger partial charge in [-0.3, -0.25) is 9.59 Å². The van der Waals surface area contributed by atoms with Crippen LogP contribution in [0.4, 0.5) is 5.69 Å². The third kappa shape index (κ3) is 2.95. The van der Waals surface area contributed by atoms with Gasteiger partial charge in [0.2, 0.25) is 5.91 Å². The predicted octanol–water partition coefficient (Wildman–Crippen LogP) is 3.13. The van der Waals surface area contributed by atoms with Gasteiger partial charge in [0, 0.05) is 16.8 Å². The second-order valence-electron chi connectivity index (χ2n) is 5.81. The number of rotatable bonds is 3. The van der Waals surface area contributed by atoms with Gasteiger partial charge in [-0.2, -0.15) is 0 Å². The Labute approximate surface area is 148 Å². The Morgan fingerprint density at radius 3 is 1.96 bits per heavy atom. The van der Waals surface area contributed by atoms with Crippen molar-refractivity contribution < 1.29 is 9.59 Å². The molecular formula is C20H14N4O2. The maximum absolute atomic E-state index is 12.5. The molecule has 0 radical (unpaired) electrons. The van der Waals surface area contributed by atoms with Crippen LogP contribution in [0.5, 0.6) is 0 Å². The molecule has 0 aliphatic carbocycles. The minimum Gasteiger partial charge on any atom is -0.366 e. The Balaban J connectivity index is 1.63. The molecule has 1 heterocycles. The average molecular weight is 342 g/mol. The van der Waals surface area contributed by atoms with E-state index >= 15 is 0 Å². The first kappa shape index (κ1) is 15.7. The van der Waals surface area contributed by atoms with E-state index in [0.717, 1.165) is 16.6 Å². The number of hydrogen-bond donors (Lipinski definition) is 2. The second kappa shape index (κ2) is 6.25. The van der Waals surface area contributed by atoms with Crippen LogP contribution in [-0.2, 0) is 0 Å². The molecule has 1 aromatic heterocycles. The third-order valence-corrected chi connectivity index (χ3v) is 4.03. The van der Waals surface area contributed by atoms with Crippen molar-refractivity contribution in [3.05, 3.63) is 77.9 Å². The Kier molecular flexibility index (Phi) is 3.78. The molecule has 3 N–H and O–H groups in total. The lowest BCUT2D eigenvalue weighted by Crippen LogP contribution is -2.13. The number of anilines is 1. The zero-order valence-electron chi connectivity index (χ0n) is 13.6. The smallest absolute Gasteiger partial charge is 0.255 e. The number of aromatic nitrogens is 2. The Morgan fingerprint density at radius 2 is 1.31 bits per heavy atom. The highest BCUT2D eigenvalue weighted by atomic mass is 16.2. The lowest BCUT2D eigenvalue weighted by Gasteiger charge is -2.07. The fraction of sp³-hybridized carbons (Fsp3) is 0. The summed E-state index contributed by atoms with van der Waals surface area (Å²) in [4.78, 5) is 32.7. The van der Waals surface area contributed by atoms with Crippen molar-refractivity contribution in [2.24, 2.45) is 5.73 Å². The van der Waals surface area contributed by atoms with Crippen LogP contribution in [0.25, 0.3) is 22.1 Å². The summed E-state index contributed by atoms with van der Waals surface area (Å²) in [6, 6.07) is 19.2. The van der Waals surface area contributed by atoms with Gasteiger partial charge in [-0.25, -0.2) is 9.97 Å². The fourth-order valence-electron chi connectivity index (χ4n) is 2.68. The number of primary amides is 1. The Morgan fingerprint density at radius 1 is 0.731 bits per heavy atom. The van der Waals surface area contributed by atoms with Gasteiger partial charge < -0.3 is 11.1 Å². The summed E-state index contributed by atoms with van der Waals surface area (Å²) in [5, 5.41) is 2.79. The summed E-state index contributed by atoms with van der Waals surface area (Å²) >= 11 is 0. The minimum absolute atomic E-state index is 0.270. The Hall–Kier alpha value is -3.80. The summed E-state index contributed by atoms with van der Waals surface area (Å²) in [5.74, 6) is -0.781. The van der Waals surface area contributed by atoms with Crippen LogP contribution < -0.4 is 11.1 Å². The molecule has 0 saturated carbocycles.